The molecule has 0 aliphatic carbocycles. The monoisotopic (exact) mass is 269 g/mol. The van der Waals surface area contributed by atoms with E-state index in [4.69, 9.17) is 9.31 Å². The van der Waals surface area contributed by atoms with Crippen molar-refractivity contribution in [2.45, 2.75) is 38.9 Å². The molecule has 1 N–H and O–H groups in total. The highest BCUT2D eigenvalue weighted by Crippen LogP contribution is 2.36. The van der Waals surface area contributed by atoms with Gasteiger partial charge in [0, 0.05) is 12.7 Å². The van der Waals surface area contributed by atoms with Gasteiger partial charge in [-0.15, -0.1) is 12.4 Å². The standard InChI is InChI=1S/C13H20BNO2.ClH/c1-12(2)13(3,4)17-14(16-12)10-7-6-8-11(9-10)15-5;/h6-9,15H,1-5H3;1H. The predicted octanol–water partition coefficient (Wildman–Crippen LogP) is 2.45. The molecule has 0 spiro atoms. The minimum Gasteiger partial charge on any atom is -0.399 e. The van der Waals surface area contributed by atoms with Crippen LogP contribution in [0.15, 0.2) is 24.3 Å². The van der Waals surface area contributed by atoms with Gasteiger partial charge in [-0.2, -0.15) is 0 Å². The third-order valence-corrected chi connectivity index (χ3v) is 3.70. The maximum absolute atomic E-state index is 6.00. The van der Waals surface area contributed by atoms with Gasteiger partial charge in [-0.05, 0) is 45.3 Å². The number of anilines is 1. The van der Waals surface area contributed by atoms with Crippen LogP contribution >= 0.6 is 12.4 Å². The van der Waals surface area contributed by atoms with E-state index >= 15 is 0 Å². The normalized spacial score (nSPS) is 20.4. The first kappa shape index (κ1) is 15.4. The SMILES string of the molecule is CNc1cccc(B2OC(C)(C)C(C)(C)O2)c1.Cl. The Labute approximate surface area is 116 Å². The highest BCUT2D eigenvalue weighted by molar-refractivity contribution is 6.62. The molecular formula is C13H21BClNO2. The summed E-state index contributed by atoms with van der Waals surface area (Å²) in [6.45, 7) is 8.26. The van der Waals surface area contributed by atoms with Crippen molar-refractivity contribution >= 4 is 30.7 Å². The van der Waals surface area contributed by atoms with Crippen LogP contribution in [0.5, 0.6) is 0 Å². The van der Waals surface area contributed by atoms with Gasteiger partial charge in [0.15, 0.2) is 0 Å². The van der Waals surface area contributed by atoms with Crippen molar-refractivity contribution in [3.8, 4) is 0 Å². The second-order valence-electron chi connectivity index (χ2n) is 5.46. The van der Waals surface area contributed by atoms with Crippen LogP contribution in [0.4, 0.5) is 5.69 Å². The van der Waals surface area contributed by atoms with E-state index < -0.39 is 0 Å². The van der Waals surface area contributed by atoms with Gasteiger partial charge >= 0.3 is 7.12 Å². The molecule has 2 rings (SSSR count). The van der Waals surface area contributed by atoms with Gasteiger partial charge in [-0.25, -0.2) is 0 Å². The average Bonchev–Trinajstić information content (AvgIpc) is 2.48. The van der Waals surface area contributed by atoms with Crippen LogP contribution in [0.2, 0.25) is 0 Å². The molecule has 0 radical (unpaired) electrons. The number of rotatable bonds is 2. The van der Waals surface area contributed by atoms with Crippen molar-refractivity contribution in [2.75, 3.05) is 12.4 Å². The summed E-state index contributed by atoms with van der Waals surface area (Å²) in [5.41, 5.74) is 1.55. The summed E-state index contributed by atoms with van der Waals surface area (Å²) in [5, 5.41) is 3.12. The van der Waals surface area contributed by atoms with E-state index in [1.807, 2.05) is 25.2 Å². The van der Waals surface area contributed by atoms with E-state index in [1.54, 1.807) is 0 Å². The number of nitrogens with one attached hydrogen (secondary N) is 1. The molecule has 100 valence electrons. The quantitative estimate of drug-likeness (QED) is 0.837. The Morgan fingerprint density at radius 3 is 2.11 bits per heavy atom. The van der Waals surface area contributed by atoms with E-state index in [1.165, 1.54) is 0 Å². The maximum atomic E-state index is 6.00. The lowest BCUT2D eigenvalue weighted by atomic mass is 9.79. The fourth-order valence-corrected chi connectivity index (χ4v) is 1.82. The summed E-state index contributed by atoms with van der Waals surface area (Å²) in [5.74, 6) is 0. The van der Waals surface area contributed by atoms with E-state index in [2.05, 4.69) is 39.1 Å². The van der Waals surface area contributed by atoms with Crippen molar-refractivity contribution in [2.24, 2.45) is 0 Å². The zero-order valence-electron chi connectivity index (χ0n) is 11.6. The van der Waals surface area contributed by atoms with E-state index in [0.29, 0.717) is 0 Å². The van der Waals surface area contributed by atoms with Crippen LogP contribution in [0.1, 0.15) is 27.7 Å². The molecule has 1 aromatic carbocycles. The lowest BCUT2D eigenvalue weighted by Crippen LogP contribution is -2.41. The van der Waals surface area contributed by atoms with E-state index in [0.717, 1.165) is 11.2 Å². The molecule has 18 heavy (non-hydrogen) atoms. The van der Waals surface area contributed by atoms with E-state index in [-0.39, 0.29) is 30.7 Å². The molecule has 1 fully saturated rings. The third-order valence-electron chi connectivity index (χ3n) is 3.70. The number of hydrogen-bond acceptors (Lipinski definition) is 3. The highest BCUT2D eigenvalue weighted by Gasteiger charge is 2.51. The molecule has 0 atom stereocenters. The van der Waals surface area contributed by atoms with Crippen LogP contribution < -0.4 is 10.8 Å². The molecule has 0 saturated carbocycles. The minimum atomic E-state index is -0.284. The molecule has 0 aromatic heterocycles. The first-order valence-corrected chi connectivity index (χ1v) is 5.99. The second-order valence-corrected chi connectivity index (χ2v) is 5.46. The van der Waals surface area contributed by atoms with Gasteiger partial charge < -0.3 is 14.6 Å². The Morgan fingerprint density at radius 1 is 1.06 bits per heavy atom. The molecule has 1 aliphatic rings. The largest absolute Gasteiger partial charge is 0.494 e. The Hall–Kier alpha value is -0.705. The maximum Gasteiger partial charge on any atom is 0.494 e. The van der Waals surface area contributed by atoms with Gasteiger partial charge in [-0.3, -0.25) is 0 Å². The van der Waals surface area contributed by atoms with Crippen LogP contribution in [0.25, 0.3) is 0 Å². The third kappa shape index (κ3) is 2.66. The number of halogens is 1. The van der Waals surface area contributed by atoms with Crippen molar-refractivity contribution in [1.82, 2.24) is 0 Å². The van der Waals surface area contributed by atoms with Crippen molar-refractivity contribution in [3.63, 3.8) is 0 Å². The first-order valence-electron chi connectivity index (χ1n) is 5.99. The second kappa shape index (κ2) is 5.12. The van der Waals surface area contributed by atoms with Gasteiger partial charge in [0.1, 0.15) is 0 Å². The summed E-state index contributed by atoms with van der Waals surface area (Å²) in [6, 6.07) is 8.12. The summed E-state index contributed by atoms with van der Waals surface area (Å²) in [7, 11) is 1.62. The van der Waals surface area contributed by atoms with Crippen molar-refractivity contribution in [3.05, 3.63) is 24.3 Å². The topological polar surface area (TPSA) is 30.5 Å². The van der Waals surface area contributed by atoms with Crippen LogP contribution in [-0.4, -0.2) is 25.4 Å². The summed E-state index contributed by atoms with van der Waals surface area (Å²) < 4.78 is 12.0. The molecule has 0 amide bonds. The predicted molar refractivity (Wildman–Crippen MR) is 79.0 cm³/mol. The van der Waals surface area contributed by atoms with Crippen LogP contribution in [0, 0.1) is 0 Å². The van der Waals surface area contributed by atoms with Crippen LogP contribution in [0.3, 0.4) is 0 Å². The Bertz CT molecular complexity index is 407. The molecule has 0 unspecified atom stereocenters. The van der Waals surface area contributed by atoms with Gasteiger partial charge in [0.25, 0.3) is 0 Å². The average molecular weight is 270 g/mol. The summed E-state index contributed by atoms with van der Waals surface area (Å²) in [4.78, 5) is 0. The Balaban J connectivity index is 0.00000162. The van der Waals surface area contributed by atoms with Crippen molar-refractivity contribution < 1.29 is 9.31 Å². The first-order chi connectivity index (χ1) is 7.86. The number of hydrogen-bond donors (Lipinski definition) is 1. The molecule has 1 aromatic rings. The van der Waals surface area contributed by atoms with Crippen molar-refractivity contribution in [1.29, 1.82) is 0 Å². The number of benzene rings is 1. The fourth-order valence-electron chi connectivity index (χ4n) is 1.82. The molecular weight excluding hydrogens is 248 g/mol. The van der Waals surface area contributed by atoms with Gasteiger partial charge in [-0.1, -0.05) is 12.1 Å². The van der Waals surface area contributed by atoms with Gasteiger partial charge in [0.05, 0.1) is 11.2 Å². The summed E-state index contributed by atoms with van der Waals surface area (Å²) >= 11 is 0. The summed E-state index contributed by atoms with van der Waals surface area (Å²) in [6.07, 6.45) is 0. The minimum absolute atomic E-state index is 0. The molecule has 5 heteroatoms. The lowest BCUT2D eigenvalue weighted by Gasteiger charge is -2.32. The highest BCUT2D eigenvalue weighted by atomic mass is 35.5. The molecule has 1 saturated heterocycles. The van der Waals surface area contributed by atoms with Gasteiger partial charge in [0.2, 0.25) is 0 Å². The Kier molecular flexibility index (Phi) is 4.36. The van der Waals surface area contributed by atoms with E-state index in [9.17, 15) is 0 Å². The molecule has 1 aliphatic heterocycles. The van der Waals surface area contributed by atoms with Crippen LogP contribution in [-0.2, 0) is 9.31 Å². The smallest absolute Gasteiger partial charge is 0.399 e. The Morgan fingerprint density at radius 2 is 1.61 bits per heavy atom. The molecule has 0 bridgehead atoms. The zero-order chi connectivity index (χ0) is 12.7. The zero-order valence-corrected chi connectivity index (χ0v) is 12.4. The molecule has 3 nitrogen and oxygen atoms in total. The fraction of sp³-hybridized carbons (Fsp3) is 0.538. The lowest BCUT2D eigenvalue weighted by molar-refractivity contribution is 0.00578. The molecule has 1 heterocycles.